The van der Waals surface area contributed by atoms with E-state index < -0.39 is 18.2 Å². The highest BCUT2D eigenvalue weighted by atomic mass is 17.2. The highest BCUT2D eigenvalue weighted by Crippen LogP contribution is 2.48. The van der Waals surface area contributed by atoms with Crippen LogP contribution in [0.15, 0.2) is 36.9 Å². The molecule has 2 fully saturated rings. The maximum Gasteiger partial charge on any atom is 0.336 e. The molecule has 0 amide bonds. The lowest BCUT2D eigenvalue weighted by molar-refractivity contribution is -0.393. The van der Waals surface area contributed by atoms with Crippen LogP contribution in [0.4, 0.5) is 0 Å². The monoisotopic (exact) mass is 432 g/mol. The molecule has 0 aromatic heterocycles. The molecular formula is C24H32O7. The number of esters is 1. The summed E-state index contributed by atoms with van der Waals surface area (Å²) in [6.45, 7) is 8.81. The van der Waals surface area contributed by atoms with Crippen molar-refractivity contribution in [3.8, 4) is 0 Å². The predicted octanol–water partition coefficient (Wildman–Crippen LogP) is 4.68. The molecule has 3 atom stereocenters. The summed E-state index contributed by atoms with van der Waals surface area (Å²) in [4.78, 5) is 34.2. The van der Waals surface area contributed by atoms with Crippen LogP contribution in [0.25, 0.3) is 0 Å². The van der Waals surface area contributed by atoms with Gasteiger partial charge < -0.3 is 14.6 Å². The fourth-order valence-electron chi connectivity index (χ4n) is 4.59. The van der Waals surface area contributed by atoms with Gasteiger partial charge in [0.25, 0.3) is 6.29 Å². The zero-order chi connectivity index (χ0) is 22.4. The Bertz CT molecular complexity index is 782. The number of ether oxygens (including phenoxy) is 2. The third kappa shape index (κ3) is 5.34. The summed E-state index contributed by atoms with van der Waals surface area (Å²) < 4.78 is 11.2. The van der Waals surface area contributed by atoms with E-state index in [1.165, 1.54) is 18.6 Å². The second-order valence-corrected chi connectivity index (χ2v) is 8.54. The van der Waals surface area contributed by atoms with Gasteiger partial charge in [-0.25, -0.2) is 14.5 Å². The lowest BCUT2D eigenvalue weighted by atomic mass is 9.67. The first-order chi connectivity index (χ1) is 14.9. The summed E-state index contributed by atoms with van der Waals surface area (Å²) in [6, 6.07) is 6.17. The lowest BCUT2D eigenvalue weighted by Gasteiger charge is -2.53. The largest absolute Gasteiger partial charge is 0.478 e. The van der Waals surface area contributed by atoms with Gasteiger partial charge in [-0.2, -0.15) is 4.89 Å². The van der Waals surface area contributed by atoms with E-state index in [1.807, 2.05) is 0 Å². The minimum absolute atomic E-state index is 0.0280. The van der Waals surface area contributed by atoms with Gasteiger partial charge in [0.2, 0.25) is 0 Å². The second-order valence-electron chi connectivity index (χ2n) is 8.54. The van der Waals surface area contributed by atoms with E-state index in [0.29, 0.717) is 6.61 Å². The number of hydrogen-bond acceptors (Lipinski definition) is 6. The number of carboxylic acid groups (broad SMARTS) is 1. The van der Waals surface area contributed by atoms with Crippen LogP contribution in [0, 0.1) is 17.8 Å². The highest BCUT2D eigenvalue weighted by molar-refractivity contribution is 5.89. The number of aromatic carboxylic acids is 1. The minimum Gasteiger partial charge on any atom is -0.478 e. The van der Waals surface area contributed by atoms with Gasteiger partial charge in [-0.3, -0.25) is 0 Å². The van der Waals surface area contributed by atoms with Crippen LogP contribution >= 0.6 is 0 Å². The predicted molar refractivity (Wildman–Crippen MR) is 113 cm³/mol. The highest BCUT2D eigenvalue weighted by Gasteiger charge is 2.50. The topological polar surface area (TPSA) is 91.3 Å². The Morgan fingerprint density at radius 1 is 1.32 bits per heavy atom. The Hall–Kier alpha value is -2.22. The fourth-order valence-corrected chi connectivity index (χ4v) is 4.59. The van der Waals surface area contributed by atoms with Crippen molar-refractivity contribution < 1.29 is 33.9 Å². The number of rotatable bonds is 10. The van der Waals surface area contributed by atoms with Crippen molar-refractivity contribution in [1.82, 2.24) is 0 Å². The van der Waals surface area contributed by atoms with Crippen LogP contribution < -0.4 is 0 Å². The van der Waals surface area contributed by atoms with Gasteiger partial charge in [-0.05, 0) is 43.6 Å². The van der Waals surface area contributed by atoms with E-state index in [0.717, 1.165) is 43.6 Å². The van der Waals surface area contributed by atoms with Crippen LogP contribution in [0.2, 0.25) is 0 Å². The summed E-state index contributed by atoms with van der Waals surface area (Å²) in [5, 5.41) is 9.44. The van der Waals surface area contributed by atoms with Crippen molar-refractivity contribution >= 4 is 11.9 Å². The molecule has 7 nitrogen and oxygen atoms in total. The van der Waals surface area contributed by atoms with E-state index in [1.54, 1.807) is 12.1 Å². The third-order valence-electron chi connectivity index (χ3n) is 6.90. The Morgan fingerprint density at radius 3 is 2.61 bits per heavy atom. The Labute approximate surface area is 183 Å². The summed E-state index contributed by atoms with van der Waals surface area (Å²) in [7, 11) is 0. The first kappa shape index (κ1) is 23.4. The molecule has 1 aliphatic heterocycles. The molecule has 3 unspecified atom stereocenters. The maximum atomic E-state index is 11.8. The average Bonchev–Trinajstić information content (AvgIpc) is 2.79. The minimum atomic E-state index is -1.31. The molecular weight excluding hydrogens is 400 g/mol. The van der Waals surface area contributed by atoms with Crippen molar-refractivity contribution in [3.63, 3.8) is 0 Å². The summed E-state index contributed by atoms with van der Waals surface area (Å²) in [5.74, 6) is -0.224. The number of carboxylic acids is 1. The molecule has 1 aromatic carbocycles. The van der Waals surface area contributed by atoms with E-state index in [4.69, 9.17) is 19.2 Å². The molecule has 31 heavy (non-hydrogen) atoms. The molecule has 170 valence electrons. The van der Waals surface area contributed by atoms with Gasteiger partial charge in [0.15, 0.2) is 0 Å². The zero-order valence-electron chi connectivity index (χ0n) is 18.2. The van der Waals surface area contributed by atoms with Gasteiger partial charge in [0.05, 0.1) is 24.4 Å². The van der Waals surface area contributed by atoms with E-state index >= 15 is 0 Å². The summed E-state index contributed by atoms with van der Waals surface area (Å²) in [5.41, 5.74) is -0.00170. The molecule has 1 heterocycles. The molecule has 1 aliphatic carbocycles. The SMILES string of the molecule is C=CC(=O)OC(OOCC1COC12CCC(C(C)CC)CC2)c1ccccc1C(=O)O. The standard InChI is InChI=1S/C24H32O7/c1-4-16(3)17-10-12-24(13-11-17)18(14-28-24)15-29-31-23(30-21(25)5-2)20-9-7-6-8-19(20)22(26)27/h5-9,16-18,23H,2,4,10-15H2,1,3H3,(H,26,27). The van der Waals surface area contributed by atoms with Crippen molar-refractivity contribution in [2.24, 2.45) is 17.8 Å². The number of hydrogen-bond donors (Lipinski definition) is 1. The fraction of sp³-hybridized carbons (Fsp3) is 0.583. The molecule has 1 N–H and O–H groups in total. The van der Waals surface area contributed by atoms with Gasteiger partial charge in [-0.15, -0.1) is 0 Å². The third-order valence-corrected chi connectivity index (χ3v) is 6.90. The van der Waals surface area contributed by atoms with Crippen LogP contribution in [0.1, 0.15) is 68.2 Å². The smallest absolute Gasteiger partial charge is 0.336 e. The normalized spacial score (nSPS) is 27.2. The summed E-state index contributed by atoms with van der Waals surface area (Å²) in [6.07, 6.45) is 5.19. The van der Waals surface area contributed by atoms with Crippen LogP contribution in [0.3, 0.4) is 0 Å². The van der Waals surface area contributed by atoms with E-state index in [-0.39, 0.29) is 29.3 Å². The van der Waals surface area contributed by atoms with Gasteiger partial charge in [0, 0.05) is 17.6 Å². The second kappa shape index (κ2) is 10.4. The molecule has 2 aliphatic rings. The Kier molecular flexibility index (Phi) is 7.86. The Morgan fingerprint density at radius 2 is 2.03 bits per heavy atom. The average molecular weight is 433 g/mol. The maximum absolute atomic E-state index is 11.8. The van der Waals surface area contributed by atoms with Crippen molar-refractivity contribution in [2.75, 3.05) is 13.2 Å². The number of carbonyl (C=O) groups is 2. The molecule has 7 heteroatoms. The first-order valence-corrected chi connectivity index (χ1v) is 11.0. The quantitative estimate of drug-likeness (QED) is 0.189. The molecule has 0 bridgehead atoms. The van der Waals surface area contributed by atoms with Gasteiger partial charge in [0.1, 0.15) is 0 Å². The van der Waals surface area contributed by atoms with Crippen molar-refractivity contribution in [2.45, 2.75) is 57.8 Å². The molecule has 1 saturated carbocycles. The molecule has 0 radical (unpaired) electrons. The van der Waals surface area contributed by atoms with Crippen LogP contribution in [0.5, 0.6) is 0 Å². The summed E-state index contributed by atoms with van der Waals surface area (Å²) >= 11 is 0. The molecule has 1 aromatic rings. The first-order valence-electron chi connectivity index (χ1n) is 11.0. The van der Waals surface area contributed by atoms with Crippen LogP contribution in [-0.4, -0.2) is 35.9 Å². The lowest BCUT2D eigenvalue weighted by Crippen LogP contribution is -2.57. The number of benzene rings is 1. The van der Waals surface area contributed by atoms with Crippen molar-refractivity contribution in [1.29, 1.82) is 0 Å². The van der Waals surface area contributed by atoms with Crippen molar-refractivity contribution in [3.05, 3.63) is 48.0 Å². The van der Waals surface area contributed by atoms with E-state index in [9.17, 15) is 14.7 Å². The zero-order valence-corrected chi connectivity index (χ0v) is 18.2. The number of carbonyl (C=O) groups excluding carboxylic acids is 1. The van der Waals surface area contributed by atoms with Gasteiger partial charge in [-0.1, -0.05) is 45.0 Å². The molecule has 1 saturated heterocycles. The molecule has 3 rings (SSSR count). The molecule has 1 spiro atoms. The van der Waals surface area contributed by atoms with Gasteiger partial charge >= 0.3 is 11.9 Å². The van der Waals surface area contributed by atoms with Crippen LogP contribution in [-0.2, 0) is 24.0 Å². The Balaban J connectivity index is 1.60. The van der Waals surface area contributed by atoms with E-state index in [2.05, 4.69) is 20.4 Å².